The first-order chi connectivity index (χ1) is 16.0. The van der Waals surface area contributed by atoms with Crippen LogP contribution in [0.5, 0.6) is 5.75 Å². The second-order valence-corrected chi connectivity index (χ2v) is 9.47. The van der Waals surface area contributed by atoms with Gasteiger partial charge in [-0.25, -0.2) is 4.21 Å². The Bertz CT molecular complexity index is 1200. The summed E-state index contributed by atoms with van der Waals surface area (Å²) in [6, 6.07) is 5.08. The molecule has 1 aromatic carbocycles. The van der Waals surface area contributed by atoms with Gasteiger partial charge in [-0.3, -0.25) is 4.79 Å². The Balaban J connectivity index is 1.90. The number of allylic oxidation sites excluding steroid dienone is 1. The van der Waals surface area contributed by atoms with Crippen molar-refractivity contribution in [2.45, 2.75) is 46.1 Å². The van der Waals surface area contributed by atoms with Crippen molar-refractivity contribution in [3.63, 3.8) is 0 Å². The standard InChI is InChI=1S/C24H31N5O4S/c1-8-17(19-11-15(12-33-19)13(2)3)25-22-23(28-34(32)27-22)26-18-10-9-16(14(4)5)20(21(18)30)24(31)29(6)7/h9-13,17,30H,4,8H2,1-3,5-7H3,(H,25,27)(H,26,28). The minimum atomic E-state index is -1.82. The molecule has 0 fully saturated rings. The van der Waals surface area contributed by atoms with Gasteiger partial charge in [0.2, 0.25) is 0 Å². The normalized spacial score (nSPS) is 16.1. The first-order valence-corrected chi connectivity index (χ1v) is 12.0. The van der Waals surface area contributed by atoms with E-state index in [1.165, 1.54) is 4.90 Å². The van der Waals surface area contributed by atoms with Crippen molar-refractivity contribution in [2.24, 2.45) is 8.80 Å². The van der Waals surface area contributed by atoms with Gasteiger partial charge in [0.1, 0.15) is 5.76 Å². The van der Waals surface area contributed by atoms with Crippen LogP contribution in [0.15, 0.2) is 44.3 Å². The summed E-state index contributed by atoms with van der Waals surface area (Å²) in [5, 5.41) is 17.2. The van der Waals surface area contributed by atoms with Gasteiger partial charge in [-0.1, -0.05) is 39.0 Å². The number of rotatable bonds is 7. The van der Waals surface area contributed by atoms with Crippen LogP contribution in [0.25, 0.3) is 5.57 Å². The number of carbonyl (C=O) groups is 1. The molecule has 34 heavy (non-hydrogen) atoms. The number of aromatic hydroxyl groups is 1. The number of nitrogens with one attached hydrogen (secondary N) is 2. The highest BCUT2D eigenvalue weighted by molar-refractivity contribution is 7.83. The minimum absolute atomic E-state index is 0.122. The zero-order chi connectivity index (χ0) is 25.2. The van der Waals surface area contributed by atoms with E-state index in [9.17, 15) is 14.1 Å². The van der Waals surface area contributed by atoms with Crippen LogP contribution in [-0.4, -0.2) is 45.9 Å². The van der Waals surface area contributed by atoms with Crippen molar-refractivity contribution in [3.05, 3.63) is 53.5 Å². The molecule has 2 aromatic rings. The van der Waals surface area contributed by atoms with E-state index in [-0.39, 0.29) is 40.6 Å². The Morgan fingerprint density at radius 1 is 1.26 bits per heavy atom. The van der Waals surface area contributed by atoms with Crippen molar-refractivity contribution >= 4 is 40.0 Å². The third-order valence-corrected chi connectivity index (χ3v) is 6.12. The zero-order valence-corrected chi connectivity index (χ0v) is 21.1. The summed E-state index contributed by atoms with van der Waals surface area (Å²) < 4.78 is 26.0. The number of hydrogen-bond acceptors (Lipinski definition) is 6. The fraction of sp³-hybridized carbons (Fsp3) is 0.375. The van der Waals surface area contributed by atoms with Gasteiger partial charge < -0.3 is 25.1 Å². The van der Waals surface area contributed by atoms with E-state index >= 15 is 0 Å². The molecule has 0 radical (unpaired) electrons. The number of amidine groups is 2. The number of amides is 1. The number of carbonyl (C=O) groups excluding carboxylic acids is 1. The second-order valence-electron chi connectivity index (χ2n) is 8.64. The lowest BCUT2D eigenvalue weighted by Crippen LogP contribution is -2.36. The highest BCUT2D eigenvalue weighted by Gasteiger charge is 2.27. The summed E-state index contributed by atoms with van der Waals surface area (Å²) in [7, 11) is 3.21. The molecule has 1 amide bonds. The molecule has 3 rings (SSSR count). The van der Waals surface area contributed by atoms with Crippen LogP contribution < -0.4 is 10.6 Å². The SMILES string of the molecule is C=C(C)c1ccc(NC2=NS(=O)N=C2NC(CC)c2cc(C(C)C)co2)c(O)c1C(=O)N(C)C. The molecule has 2 unspecified atom stereocenters. The number of benzene rings is 1. The van der Waals surface area contributed by atoms with Gasteiger partial charge in [-0.2, -0.15) is 0 Å². The van der Waals surface area contributed by atoms with E-state index in [1.807, 2.05) is 13.0 Å². The maximum atomic E-state index is 12.8. The van der Waals surface area contributed by atoms with Gasteiger partial charge in [0, 0.05) is 14.1 Å². The highest BCUT2D eigenvalue weighted by Crippen LogP contribution is 2.34. The number of anilines is 1. The van der Waals surface area contributed by atoms with E-state index in [0.717, 1.165) is 11.3 Å². The molecule has 1 aromatic heterocycles. The lowest BCUT2D eigenvalue weighted by molar-refractivity contribution is 0.0824. The van der Waals surface area contributed by atoms with E-state index < -0.39 is 11.2 Å². The first kappa shape index (κ1) is 25.2. The molecule has 10 heteroatoms. The van der Waals surface area contributed by atoms with Crippen molar-refractivity contribution in [1.29, 1.82) is 0 Å². The monoisotopic (exact) mass is 485 g/mol. The molecular formula is C24H31N5O4S. The summed E-state index contributed by atoms with van der Waals surface area (Å²) in [5.74, 6) is 0.907. The number of phenolic OH excluding ortho intramolecular Hbond substituents is 1. The van der Waals surface area contributed by atoms with Crippen molar-refractivity contribution in [2.75, 3.05) is 19.4 Å². The second kappa shape index (κ2) is 10.3. The number of hydrogen-bond donors (Lipinski definition) is 3. The molecule has 0 spiro atoms. The van der Waals surface area contributed by atoms with Crippen molar-refractivity contribution < 1.29 is 18.5 Å². The van der Waals surface area contributed by atoms with Gasteiger partial charge in [0.05, 0.1) is 23.6 Å². The third-order valence-electron chi connectivity index (χ3n) is 5.44. The van der Waals surface area contributed by atoms with E-state index in [0.29, 0.717) is 23.5 Å². The Morgan fingerprint density at radius 2 is 1.94 bits per heavy atom. The van der Waals surface area contributed by atoms with Gasteiger partial charge >= 0.3 is 0 Å². The number of nitrogens with zero attached hydrogens (tertiary/aromatic N) is 3. The molecule has 1 aliphatic rings. The van der Waals surface area contributed by atoms with Crippen LogP contribution in [0, 0.1) is 0 Å². The summed E-state index contributed by atoms with van der Waals surface area (Å²) in [5.41, 5.74) is 2.61. The van der Waals surface area contributed by atoms with Gasteiger partial charge in [0.15, 0.2) is 17.4 Å². The third kappa shape index (κ3) is 5.22. The molecule has 2 heterocycles. The molecule has 9 nitrogen and oxygen atoms in total. The van der Waals surface area contributed by atoms with Crippen molar-refractivity contribution in [1.82, 2.24) is 10.2 Å². The molecular weight excluding hydrogens is 454 g/mol. The molecule has 3 N–H and O–H groups in total. The van der Waals surface area contributed by atoms with E-state index in [4.69, 9.17) is 4.42 Å². The zero-order valence-electron chi connectivity index (χ0n) is 20.3. The largest absolute Gasteiger partial charge is 0.505 e. The first-order valence-electron chi connectivity index (χ1n) is 11.0. The summed E-state index contributed by atoms with van der Waals surface area (Å²) in [6.45, 7) is 11.8. The Labute approximate surface area is 202 Å². The predicted molar refractivity (Wildman–Crippen MR) is 136 cm³/mol. The number of phenols is 1. The Hall–Kier alpha value is -3.40. The molecule has 0 bridgehead atoms. The smallest absolute Gasteiger partial charge is 0.269 e. The fourth-order valence-corrected chi connectivity index (χ4v) is 4.07. The number of furan rings is 1. The van der Waals surface area contributed by atoms with E-state index in [1.54, 1.807) is 39.4 Å². The van der Waals surface area contributed by atoms with Gasteiger partial charge in [0.25, 0.3) is 17.1 Å². The lowest BCUT2D eigenvalue weighted by atomic mass is 9.98. The molecule has 182 valence electrons. The van der Waals surface area contributed by atoms with Crippen LogP contribution in [0.1, 0.15) is 73.3 Å². The highest BCUT2D eigenvalue weighted by atomic mass is 32.2. The molecule has 0 saturated carbocycles. The van der Waals surface area contributed by atoms with Crippen LogP contribution >= 0.6 is 0 Å². The molecule has 0 aliphatic carbocycles. The summed E-state index contributed by atoms with van der Waals surface area (Å²) >= 11 is -1.82. The van der Waals surface area contributed by atoms with E-state index in [2.05, 4.69) is 39.9 Å². The average Bonchev–Trinajstić information content (AvgIpc) is 3.39. The predicted octanol–water partition coefficient (Wildman–Crippen LogP) is 4.39. The quantitative estimate of drug-likeness (QED) is 0.501. The van der Waals surface area contributed by atoms with Crippen LogP contribution in [0.3, 0.4) is 0 Å². The maximum Gasteiger partial charge on any atom is 0.269 e. The Kier molecular flexibility index (Phi) is 7.61. The van der Waals surface area contributed by atoms with Crippen LogP contribution in [0.2, 0.25) is 0 Å². The molecule has 0 saturated heterocycles. The lowest BCUT2D eigenvalue weighted by Gasteiger charge is -2.20. The van der Waals surface area contributed by atoms with Crippen LogP contribution in [0.4, 0.5) is 5.69 Å². The van der Waals surface area contributed by atoms with Crippen LogP contribution in [-0.2, 0) is 11.2 Å². The Morgan fingerprint density at radius 3 is 2.50 bits per heavy atom. The minimum Gasteiger partial charge on any atom is -0.505 e. The summed E-state index contributed by atoms with van der Waals surface area (Å²) in [4.78, 5) is 14.1. The topological polar surface area (TPSA) is 120 Å². The van der Waals surface area contributed by atoms with Gasteiger partial charge in [-0.05, 0) is 42.5 Å². The molecule has 2 atom stereocenters. The maximum absolute atomic E-state index is 12.8. The van der Waals surface area contributed by atoms with Gasteiger partial charge in [-0.15, -0.1) is 8.80 Å². The fourth-order valence-electron chi connectivity index (χ4n) is 3.45. The summed E-state index contributed by atoms with van der Waals surface area (Å²) in [6.07, 6.45) is 2.42. The molecule has 1 aliphatic heterocycles. The average molecular weight is 486 g/mol. The van der Waals surface area contributed by atoms with Crippen molar-refractivity contribution in [3.8, 4) is 5.75 Å².